The standard InChI is InChI=1S/C16H11NO9S3/c17-11-5-10-14(29(24,25)26)6-13(28(21,22)23)9-2-1-8-12(27(18,19)20)4-3-7(11)15(8)16(9)10/h1-6H,17H2,(H,18,19,20)(H,21,22,23)(H,24,25,26). The molecule has 4 rings (SSSR count). The van der Waals surface area contributed by atoms with Crippen LogP contribution in [0, 0.1) is 0 Å². The summed E-state index contributed by atoms with van der Waals surface area (Å²) in [5.41, 5.74) is 6.00. The van der Waals surface area contributed by atoms with Crippen LogP contribution >= 0.6 is 0 Å². The van der Waals surface area contributed by atoms with E-state index in [1.54, 1.807) is 0 Å². The minimum absolute atomic E-state index is 0.0152. The summed E-state index contributed by atoms with van der Waals surface area (Å²) in [6, 6.07) is 6.51. The molecule has 13 heteroatoms. The van der Waals surface area contributed by atoms with Crippen LogP contribution < -0.4 is 5.73 Å². The lowest BCUT2D eigenvalue weighted by Crippen LogP contribution is -2.07. The number of rotatable bonds is 3. The molecular weight excluding hydrogens is 446 g/mol. The highest BCUT2D eigenvalue weighted by Gasteiger charge is 2.27. The predicted molar refractivity (Wildman–Crippen MR) is 104 cm³/mol. The van der Waals surface area contributed by atoms with Gasteiger partial charge in [-0.15, -0.1) is 0 Å². The van der Waals surface area contributed by atoms with E-state index in [0.717, 1.165) is 12.1 Å². The maximum absolute atomic E-state index is 11.9. The Morgan fingerprint density at radius 1 is 0.552 bits per heavy atom. The maximum Gasteiger partial charge on any atom is 0.295 e. The third-order valence-electron chi connectivity index (χ3n) is 4.65. The van der Waals surface area contributed by atoms with Crippen LogP contribution in [0.3, 0.4) is 0 Å². The molecule has 0 amide bonds. The summed E-state index contributed by atoms with van der Waals surface area (Å²) in [7, 11) is -14.6. The molecule has 0 bridgehead atoms. The highest BCUT2D eigenvalue weighted by atomic mass is 32.2. The van der Waals surface area contributed by atoms with Crippen LogP contribution in [0.1, 0.15) is 0 Å². The van der Waals surface area contributed by atoms with Crippen LogP contribution in [0.25, 0.3) is 32.3 Å². The first-order chi connectivity index (χ1) is 13.2. The quantitative estimate of drug-likeness (QED) is 0.201. The third-order valence-corrected chi connectivity index (χ3v) is 7.35. The van der Waals surface area contributed by atoms with Crippen molar-refractivity contribution in [3.05, 3.63) is 36.4 Å². The predicted octanol–water partition coefficient (Wildman–Crippen LogP) is 1.91. The lowest BCUT2D eigenvalue weighted by molar-refractivity contribution is 0.480. The molecule has 5 N–H and O–H groups in total. The van der Waals surface area contributed by atoms with Crippen LogP contribution in [0.4, 0.5) is 5.69 Å². The van der Waals surface area contributed by atoms with E-state index >= 15 is 0 Å². The van der Waals surface area contributed by atoms with Gasteiger partial charge in [0.1, 0.15) is 14.7 Å². The number of benzene rings is 4. The molecule has 0 aromatic heterocycles. The molecule has 0 spiro atoms. The second-order valence-corrected chi connectivity index (χ2v) is 10.5. The minimum atomic E-state index is -4.96. The molecule has 4 aromatic carbocycles. The van der Waals surface area contributed by atoms with Gasteiger partial charge in [-0.1, -0.05) is 18.2 Å². The zero-order valence-corrected chi connectivity index (χ0v) is 16.5. The average molecular weight is 457 g/mol. The number of nitrogens with two attached hydrogens (primary N) is 1. The van der Waals surface area contributed by atoms with E-state index < -0.39 is 45.0 Å². The van der Waals surface area contributed by atoms with Crippen molar-refractivity contribution in [1.82, 2.24) is 0 Å². The molecular formula is C16H11NO9S3. The smallest absolute Gasteiger partial charge is 0.295 e. The Kier molecular flexibility index (Phi) is 3.91. The van der Waals surface area contributed by atoms with Crippen molar-refractivity contribution in [3.8, 4) is 0 Å². The number of hydrogen-bond donors (Lipinski definition) is 4. The Morgan fingerprint density at radius 2 is 0.966 bits per heavy atom. The van der Waals surface area contributed by atoms with Crippen LogP contribution in [0.2, 0.25) is 0 Å². The van der Waals surface area contributed by atoms with Crippen molar-refractivity contribution >= 4 is 68.4 Å². The second-order valence-electron chi connectivity index (χ2n) is 6.33. The second kappa shape index (κ2) is 5.75. The maximum atomic E-state index is 11.9. The highest BCUT2D eigenvalue weighted by molar-refractivity contribution is 7.87. The Hall–Kier alpha value is -2.55. The Labute approximate surface area is 164 Å². The van der Waals surface area contributed by atoms with E-state index in [1.165, 1.54) is 18.2 Å². The van der Waals surface area contributed by atoms with Gasteiger partial charge in [0, 0.05) is 38.0 Å². The summed E-state index contributed by atoms with van der Waals surface area (Å²) in [6.07, 6.45) is 0. The van der Waals surface area contributed by atoms with Crippen LogP contribution in [0.15, 0.2) is 51.1 Å². The normalized spacial score (nSPS) is 13.6. The molecule has 0 aliphatic rings. The fourth-order valence-corrected chi connectivity index (χ4v) is 5.75. The van der Waals surface area contributed by atoms with Gasteiger partial charge in [-0.2, -0.15) is 25.3 Å². The Morgan fingerprint density at radius 3 is 1.48 bits per heavy atom. The summed E-state index contributed by atoms with van der Waals surface area (Å²) in [5.74, 6) is 0. The number of anilines is 1. The summed E-state index contributed by atoms with van der Waals surface area (Å²) >= 11 is 0. The molecule has 0 radical (unpaired) electrons. The van der Waals surface area contributed by atoms with E-state index in [2.05, 4.69) is 0 Å². The van der Waals surface area contributed by atoms with Gasteiger partial charge in [0.05, 0.1) is 0 Å². The lowest BCUT2D eigenvalue weighted by atomic mass is 9.93. The summed E-state index contributed by atoms with van der Waals surface area (Å²) < 4.78 is 99.8. The molecule has 0 aliphatic carbocycles. The van der Waals surface area contributed by atoms with Crippen molar-refractivity contribution < 1.29 is 38.9 Å². The molecule has 0 atom stereocenters. The summed E-state index contributed by atoms with van der Waals surface area (Å²) in [5, 5.41) is -0.135. The first-order valence-electron chi connectivity index (χ1n) is 7.67. The molecule has 10 nitrogen and oxygen atoms in total. The zero-order chi connectivity index (χ0) is 21.5. The van der Waals surface area contributed by atoms with E-state index in [4.69, 9.17) is 5.73 Å². The molecule has 0 unspecified atom stereocenters. The first-order valence-corrected chi connectivity index (χ1v) is 12.0. The molecule has 0 fully saturated rings. The van der Waals surface area contributed by atoms with E-state index in [-0.39, 0.29) is 38.0 Å². The first kappa shape index (κ1) is 19.8. The third kappa shape index (κ3) is 2.90. The SMILES string of the molecule is Nc1cc2c(S(=O)(=O)O)cc(S(=O)(=O)O)c3ccc4c(S(=O)(=O)O)ccc1c4c32. The Balaban J connectivity index is 2.47. The van der Waals surface area contributed by atoms with Crippen LogP contribution in [-0.2, 0) is 30.4 Å². The van der Waals surface area contributed by atoms with Crippen LogP contribution in [-0.4, -0.2) is 38.9 Å². The van der Waals surface area contributed by atoms with E-state index in [9.17, 15) is 38.9 Å². The molecule has 152 valence electrons. The fraction of sp³-hybridized carbons (Fsp3) is 0. The largest absolute Gasteiger partial charge is 0.398 e. The topological polar surface area (TPSA) is 189 Å². The Bertz CT molecular complexity index is 1670. The van der Waals surface area contributed by atoms with Gasteiger partial charge in [0.15, 0.2) is 0 Å². The molecule has 0 saturated carbocycles. The number of hydrogen-bond acceptors (Lipinski definition) is 7. The fourth-order valence-electron chi connectivity index (χ4n) is 3.57. The van der Waals surface area contributed by atoms with Gasteiger partial charge < -0.3 is 5.73 Å². The van der Waals surface area contributed by atoms with Crippen molar-refractivity contribution in [2.24, 2.45) is 0 Å². The summed E-state index contributed by atoms with van der Waals surface area (Å²) in [4.78, 5) is -2.15. The van der Waals surface area contributed by atoms with Gasteiger partial charge in [0.25, 0.3) is 30.4 Å². The lowest BCUT2D eigenvalue weighted by Gasteiger charge is -2.17. The number of nitrogen functional groups attached to an aromatic ring is 1. The molecule has 0 heterocycles. The van der Waals surface area contributed by atoms with Gasteiger partial charge in [-0.05, 0) is 18.2 Å². The van der Waals surface area contributed by atoms with Crippen LogP contribution in [0.5, 0.6) is 0 Å². The van der Waals surface area contributed by atoms with Crippen molar-refractivity contribution in [3.63, 3.8) is 0 Å². The summed E-state index contributed by atoms with van der Waals surface area (Å²) in [6.45, 7) is 0. The molecule has 29 heavy (non-hydrogen) atoms. The minimum Gasteiger partial charge on any atom is -0.398 e. The van der Waals surface area contributed by atoms with Crippen molar-refractivity contribution in [2.75, 3.05) is 5.73 Å². The van der Waals surface area contributed by atoms with Gasteiger partial charge in [-0.25, -0.2) is 0 Å². The van der Waals surface area contributed by atoms with Crippen molar-refractivity contribution in [1.29, 1.82) is 0 Å². The van der Waals surface area contributed by atoms with E-state index in [1.807, 2.05) is 0 Å². The molecule has 0 saturated heterocycles. The highest BCUT2D eigenvalue weighted by Crippen LogP contribution is 2.44. The van der Waals surface area contributed by atoms with E-state index in [0.29, 0.717) is 6.07 Å². The average Bonchev–Trinajstić information content (AvgIpc) is 2.56. The molecule has 0 aliphatic heterocycles. The van der Waals surface area contributed by atoms with Gasteiger partial charge in [-0.3, -0.25) is 13.7 Å². The monoisotopic (exact) mass is 457 g/mol. The zero-order valence-electron chi connectivity index (χ0n) is 14.1. The van der Waals surface area contributed by atoms with Gasteiger partial charge in [0.2, 0.25) is 0 Å². The molecule has 4 aromatic rings. The van der Waals surface area contributed by atoms with Crippen molar-refractivity contribution in [2.45, 2.75) is 14.7 Å². The van der Waals surface area contributed by atoms with Gasteiger partial charge >= 0.3 is 0 Å².